The minimum atomic E-state index is -2.49. The summed E-state index contributed by atoms with van der Waals surface area (Å²) in [5, 5.41) is 1.02. The minimum Gasteiger partial charge on any atom is -0.315 e. The Hall–Kier alpha value is -2.42. The average molecular weight is 364 g/mol. The van der Waals surface area contributed by atoms with Gasteiger partial charge in [0.25, 0.3) is 5.91 Å². The van der Waals surface area contributed by atoms with Crippen molar-refractivity contribution in [3.8, 4) is 0 Å². The minimum absolute atomic E-state index is 0.0437. The molecule has 1 amide bonds. The predicted octanol–water partition coefficient (Wildman–Crippen LogP) is 4.17. The lowest BCUT2D eigenvalue weighted by Crippen LogP contribution is -2.28. The van der Waals surface area contributed by atoms with Crippen LogP contribution < -0.4 is 14.6 Å². The van der Waals surface area contributed by atoms with Gasteiger partial charge in [-0.15, -0.1) is 0 Å². The molecule has 1 aliphatic rings. The number of anilines is 2. The Morgan fingerprint density at radius 1 is 0.720 bits per heavy atom. The number of amides is 1. The van der Waals surface area contributed by atoms with E-state index in [9.17, 15) is 4.79 Å². The van der Waals surface area contributed by atoms with Crippen molar-refractivity contribution < 1.29 is 4.79 Å². The van der Waals surface area contributed by atoms with E-state index < -0.39 is 6.34 Å². The maximum absolute atomic E-state index is 13.0. The molecule has 124 valence electrons. The summed E-state index contributed by atoms with van der Waals surface area (Å²) < 4.78 is 3.94. The SMILES string of the molecule is O=C1CN(c2ccccc2)P(=S)(c2ccccc2)N1c1ccccc1. The predicted molar refractivity (Wildman–Crippen MR) is 108 cm³/mol. The number of carbonyl (C=O) groups excluding carboxylic acids is 1. The van der Waals surface area contributed by atoms with Crippen LogP contribution in [0, 0.1) is 0 Å². The van der Waals surface area contributed by atoms with Gasteiger partial charge in [0.15, 0.2) is 6.34 Å². The highest BCUT2D eigenvalue weighted by Gasteiger charge is 2.45. The largest absolute Gasteiger partial charge is 0.315 e. The fraction of sp³-hybridized carbons (Fsp3) is 0.0500. The summed E-state index contributed by atoms with van der Waals surface area (Å²) in [7, 11) is 0. The third kappa shape index (κ3) is 2.68. The van der Waals surface area contributed by atoms with Crippen molar-refractivity contribution in [1.29, 1.82) is 0 Å². The Labute approximate surface area is 152 Å². The second kappa shape index (κ2) is 6.47. The molecular weight excluding hydrogens is 347 g/mol. The Balaban J connectivity index is 1.93. The molecular formula is C20H17N2OPS. The van der Waals surface area contributed by atoms with Crippen LogP contribution in [0.1, 0.15) is 0 Å². The summed E-state index contributed by atoms with van der Waals surface area (Å²) in [6, 6.07) is 29.7. The number of rotatable bonds is 3. The Morgan fingerprint density at radius 2 is 1.20 bits per heavy atom. The summed E-state index contributed by atoms with van der Waals surface area (Å²) in [5.74, 6) is 0.0437. The van der Waals surface area contributed by atoms with Gasteiger partial charge in [-0.05, 0) is 36.1 Å². The van der Waals surface area contributed by atoms with Crippen molar-refractivity contribution in [2.24, 2.45) is 0 Å². The second-order valence-corrected chi connectivity index (χ2v) is 9.83. The monoisotopic (exact) mass is 364 g/mol. The van der Waals surface area contributed by atoms with Crippen LogP contribution in [0.5, 0.6) is 0 Å². The molecule has 0 spiro atoms. The topological polar surface area (TPSA) is 23.6 Å². The summed E-state index contributed by atoms with van der Waals surface area (Å²) in [6.45, 7) is 0.297. The van der Waals surface area contributed by atoms with Gasteiger partial charge in [-0.3, -0.25) is 9.46 Å². The molecule has 1 aliphatic heterocycles. The molecule has 0 radical (unpaired) electrons. The summed E-state index contributed by atoms with van der Waals surface area (Å²) >= 11 is 6.26. The smallest absolute Gasteiger partial charge is 0.252 e. The molecule has 1 saturated heterocycles. The van der Waals surface area contributed by atoms with Crippen LogP contribution in [0.15, 0.2) is 91.0 Å². The fourth-order valence-electron chi connectivity index (χ4n) is 3.14. The van der Waals surface area contributed by atoms with Gasteiger partial charge in [-0.1, -0.05) is 66.7 Å². The van der Waals surface area contributed by atoms with Crippen molar-refractivity contribution in [3.63, 3.8) is 0 Å². The fourth-order valence-corrected chi connectivity index (χ4v) is 7.38. The van der Waals surface area contributed by atoms with Gasteiger partial charge in [0.1, 0.15) is 6.54 Å². The molecule has 3 aromatic rings. The van der Waals surface area contributed by atoms with E-state index in [0.29, 0.717) is 6.54 Å². The van der Waals surface area contributed by atoms with Crippen LogP contribution in [0.4, 0.5) is 11.4 Å². The number of nitrogens with zero attached hydrogens (tertiary/aromatic N) is 2. The van der Waals surface area contributed by atoms with E-state index in [1.165, 1.54) is 0 Å². The Morgan fingerprint density at radius 3 is 1.76 bits per heavy atom. The lowest BCUT2D eigenvalue weighted by Gasteiger charge is -2.35. The van der Waals surface area contributed by atoms with Crippen LogP contribution in [0.2, 0.25) is 0 Å². The molecule has 0 aromatic heterocycles. The van der Waals surface area contributed by atoms with Crippen molar-refractivity contribution >= 4 is 40.7 Å². The van der Waals surface area contributed by atoms with Crippen molar-refractivity contribution in [3.05, 3.63) is 91.0 Å². The number of para-hydroxylation sites is 2. The molecule has 25 heavy (non-hydrogen) atoms. The normalized spacial score (nSPS) is 20.1. The first-order chi connectivity index (χ1) is 12.2. The molecule has 3 nitrogen and oxygen atoms in total. The van der Waals surface area contributed by atoms with Gasteiger partial charge >= 0.3 is 0 Å². The standard InChI is InChI=1S/C20H17N2OPS/c23-20-16-21(17-10-4-1-5-11-17)24(25,19-14-8-3-9-15-19)22(20)18-12-6-2-7-13-18/h1-15H,16H2. The molecule has 0 aliphatic carbocycles. The zero-order valence-corrected chi connectivity index (χ0v) is 15.2. The molecule has 1 heterocycles. The lowest BCUT2D eigenvalue weighted by molar-refractivity contribution is -0.115. The molecule has 5 heteroatoms. The van der Waals surface area contributed by atoms with Crippen LogP contribution in [-0.2, 0) is 16.6 Å². The van der Waals surface area contributed by atoms with E-state index in [1.54, 1.807) is 0 Å². The van der Waals surface area contributed by atoms with Gasteiger partial charge in [0, 0.05) is 11.0 Å². The van der Waals surface area contributed by atoms with Crippen LogP contribution >= 0.6 is 6.34 Å². The van der Waals surface area contributed by atoms with Gasteiger partial charge < -0.3 is 4.67 Å². The highest BCUT2D eigenvalue weighted by molar-refractivity contribution is 8.20. The lowest BCUT2D eigenvalue weighted by atomic mass is 10.3. The Bertz CT molecular complexity index is 932. The van der Waals surface area contributed by atoms with Gasteiger partial charge in [0.05, 0.1) is 5.69 Å². The molecule has 0 bridgehead atoms. The van der Waals surface area contributed by atoms with Crippen molar-refractivity contribution in [2.75, 3.05) is 15.9 Å². The van der Waals surface area contributed by atoms with Gasteiger partial charge in [-0.25, -0.2) is 0 Å². The first kappa shape index (κ1) is 16.1. The molecule has 0 N–H and O–H groups in total. The third-order valence-electron chi connectivity index (χ3n) is 4.27. The summed E-state index contributed by atoms with van der Waals surface area (Å²) in [5.41, 5.74) is 1.85. The Kier molecular flexibility index (Phi) is 4.16. The molecule has 1 fully saturated rings. The molecule has 4 rings (SSSR count). The summed E-state index contributed by atoms with van der Waals surface area (Å²) in [4.78, 5) is 13.0. The number of hydrogen-bond donors (Lipinski definition) is 0. The van der Waals surface area contributed by atoms with Crippen LogP contribution in [0.25, 0.3) is 0 Å². The zero-order valence-electron chi connectivity index (χ0n) is 13.5. The van der Waals surface area contributed by atoms with Crippen LogP contribution in [-0.4, -0.2) is 12.5 Å². The van der Waals surface area contributed by atoms with Crippen LogP contribution in [0.3, 0.4) is 0 Å². The first-order valence-corrected chi connectivity index (χ1v) is 10.8. The van der Waals surface area contributed by atoms with E-state index in [2.05, 4.69) is 4.67 Å². The van der Waals surface area contributed by atoms with Crippen molar-refractivity contribution in [1.82, 2.24) is 0 Å². The van der Waals surface area contributed by atoms with E-state index in [-0.39, 0.29) is 5.91 Å². The average Bonchev–Trinajstić information content (AvgIpc) is 2.95. The molecule has 3 aromatic carbocycles. The van der Waals surface area contributed by atoms with E-state index in [1.807, 2.05) is 95.7 Å². The number of hydrogen-bond acceptors (Lipinski definition) is 2. The maximum atomic E-state index is 13.0. The molecule has 1 atom stereocenters. The molecule has 1 unspecified atom stereocenters. The second-order valence-electron chi connectivity index (χ2n) is 5.81. The number of carbonyl (C=O) groups is 1. The van der Waals surface area contributed by atoms with E-state index >= 15 is 0 Å². The van der Waals surface area contributed by atoms with Crippen molar-refractivity contribution in [2.45, 2.75) is 0 Å². The highest BCUT2D eigenvalue weighted by Crippen LogP contribution is 2.59. The first-order valence-electron chi connectivity index (χ1n) is 8.08. The molecule has 0 saturated carbocycles. The van der Waals surface area contributed by atoms with Gasteiger partial charge in [0.2, 0.25) is 0 Å². The summed E-state index contributed by atoms with van der Waals surface area (Å²) in [6.07, 6.45) is -2.49. The third-order valence-corrected chi connectivity index (χ3v) is 8.97. The van der Waals surface area contributed by atoms with Gasteiger partial charge in [-0.2, -0.15) is 0 Å². The maximum Gasteiger partial charge on any atom is 0.252 e. The number of benzene rings is 3. The quantitative estimate of drug-likeness (QED) is 0.652. The zero-order chi connectivity index (χ0) is 17.3. The highest BCUT2D eigenvalue weighted by atomic mass is 32.4. The van der Waals surface area contributed by atoms with E-state index in [0.717, 1.165) is 16.7 Å². The van der Waals surface area contributed by atoms with E-state index in [4.69, 9.17) is 11.8 Å².